The van der Waals surface area contributed by atoms with Gasteiger partial charge in [0.15, 0.2) is 0 Å². The van der Waals surface area contributed by atoms with Crippen molar-refractivity contribution < 1.29 is 9.53 Å². The van der Waals surface area contributed by atoms with Crippen LogP contribution < -0.4 is 5.73 Å². The molecule has 0 aromatic heterocycles. The number of nitrogens with two attached hydrogens (primary N) is 1. The van der Waals surface area contributed by atoms with Crippen molar-refractivity contribution in [3.8, 4) is 6.07 Å². The first-order chi connectivity index (χ1) is 7.22. The minimum atomic E-state index is -0.471. The highest BCUT2D eigenvalue weighted by atomic mass is 16.5. The van der Waals surface area contributed by atoms with Gasteiger partial charge in [-0.25, -0.2) is 0 Å². The van der Waals surface area contributed by atoms with E-state index >= 15 is 0 Å². The summed E-state index contributed by atoms with van der Waals surface area (Å²) < 4.78 is 5.26. The number of carbonyl (C=O) groups is 1. The van der Waals surface area contributed by atoms with Gasteiger partial charge in [0.25, 0.3) is 0 Å². The molecule has 1 aliphatic rings. The number of hydrogen-bond donors (Lipinski definition) is 1. The van der Waals surface area contributed by atoms with Gasteiger partial charge in [-0.15, -0.1) is 0 Å². The monoisotopic (exact) mass is 202 g/mol. The van der Waals surface area contributed by atoms with Gasteiger partial charge < -0.3 is 10.5 Å². The number of primary amides is 1. The minimum Gasteiger partial charge on any atom is -0.375 e. The summed E-state index contributed by atoms with van der Waals surface area (Å²) in [7, 11) is 0. The molecule has 0 fully saturated rings. The third kappa shape index (κ3) is 1.69. The lowest BCUT2D eigenvalue weighted by atomic mass is 9.92. The molecule has 15 heavy (non-hydrogen) atoms. The van der Waals surface area contributed by atoms with E-state index in [0.29, 0.717) is 18.8 Å². The number of nitriles is 1. The number of hydrogen-bond acceptors (Lipinski definition) is 3. The molecule has 1 aromatic rings. The Morgan fingerprint density at radius 1 is 1.60 bits per heavy atom. The van der Waals surface area contributed by atoms with E-state index in [1.165, 1.54) is 0 Å². The van der Waals surface area contributed by atoms with Crippen molar-refractivity contribution >= 4 is 5.91 Å². The Bertz CT molecular complexity index is 448. The van der Waals surface area contributed by atoms with Crippen LogP contribution in [0.1, 0.15) is 27.4 Å². The second-order valence-corrected chi connectivity index (χ2v) is 3.47. The molecule has 76 valence electrons. The smallest absolute Gasteiger partial charge is 0.248 e. The molecule has 1 atom stereocenters. The SMILES string of the molecule is N#C[C@@H]1COCc2ccc(C(N)=O)cc21. The largest absolute Gasteiger partial charge is 0.375 e. The molecule has 1 heterocycles. The van der Waals surface area contributed by atoms with Crippen molar-refractivity contribution in [2.45, 2.75) is 12.5 Å². The summed E-state index contributed by atoms with van der Waals surface area (Å²) in [5.74, 6) is -0.769. The van der Waals surface area contributed by atoms with Gasteiger partial charge in [0.1, 0.15) is 0 Å². The molecule has 0 saturated heterocycles. The third-order valence-electron chi connectivity index (χ3n) is 2.50. The van der Waals surface area contributed by atoms with Crippen molar-refractivity contribution in [1.29, 1.82) is 5.26 Å². The summed E-state index contributed by atoms with van der Waals surface area (Å²) >= 11 is 0. The molecule has 0 bridgehead atoms. The van der Waals surface area contributed by atoms with Gasteiger partial charge in [0, 0.05) is 5.56 Å². The molecule has 1 aliphatic heterocycles. The van der Waals surface area contributed by atoms with Crippen LogP contribution in [0.25, 0.3) is 0 Å². The molecule has 0 saturated carbocycles. The van der Waals surface area contributed by atoms with Gasteiger partial charge >= 0.3 is 0 Å². The van der Waals surface area contributed by atoms with Crippen LogP contribution in [0.5, 0.6) is 0 Å². The zero-order valence-corrected chi connectivity index (χ0v) is 8.06. The number of carbonyl (C=O) groups excluding carboxylic acids is 1. The first-order valence-corrected chi connectivity index (χ1v) is 4.62. The van der Waals surface area contributed by atoms with Gasteiger partial charge in [-0.2, -0.15) is 5.26 Å². The Balaban J connectivity index is 2.49. The van der Waals surface area contributed by atoms with Crippen LogP contribution in [-0.4, -0.2) is 12.5 Å². The van der Waals surface area contributed by atoms with Crippen LogP contribution in [0.15, 0.2) is 18.2 Å². The number of amides is 1. The van der Waals surface area contributed by atoms with Crippen molar-refractivity contribution in [1.82, 2.24) is 0 Å². The van der Waals surface area contributed by atoms with Gasteiger partial charge in [-0.1, -0.05) is 6.07 Å². The first-order valence-electron chi connectivity index (χ1n) is 4.62. The number of nitrogens with zero attached hydrogens (tertiary/aromatic N) is 1. The predicted octanol–water partition coefficient (Wildman–Crippen LogP) is 0.923. The van der Waals surface area contributed by atoms with E-state index in [1.54, 1.807) is 18.2 Å². The summed E-state index contributed by atoms with van der Waals surface area (Å²) in [5, 5.41) is 8.92. The Hall–Kier alpha value is -1.86. The van der Waals surface area contributed by atoms with Crippen LogP contribution >= 0.6 is 0 Å². The van der Waals surface area contributed by atoms with E-state index < -0.39 is 5.91 Å². The highest BCUT2D eigenvalue weighted by molar-refractivity contribution is 5.93. The summed E-state index contributed by atoms with van der Waals surface area (Å²) in [5.41, 5.74) is 7.44. The van der Waals surface area contributed by atoms with Crippen molar-refractivity contribution in [2.75, 3.05) is 6.61 Å². The molecule has 0 radical (unpaired) electrons. The zero-order valence-electron chi connectivity index (χ0n) is 8.06. The summed E-state index contributed by atoms with van der Waals surface area (Å²) in [6.45, 7) is 0.873. The van der Waals surface area contributed by atoms with Crippen LogP contribution in [0, 0.1) is 11.3 Å². The highest BCUT2D eigenvalue weighted by Gasteiger charge is 2.21. The molecule has 1 aromatic carbocycles. The van der Waals surface area contributed by atoms with E-state index in [2.05, 4.69) is 6.07 Å². The lowest BCUT2D eigenvalue weighted by molar-refractivity contribution is 0.0989. The quantitative estimate of drug-likeness (QED) is 0.735. The molecule has 2 rings (SSSR count). The molecule has 2 N–H and O–H groups in total. The molecule has 4 nitrogen and oxygen atoms in total. The number of ether oxygens (including phenoxy) is 1. The second kappa shape index (κ2) is 3.71. The lowest BCUT2D eigenvalue weighted by Crippen LogP contribution is -2.18. The van der Waals surface area contributed by atoms with Gasteiger partial charge in [0.05, 0.1) is 25.2 Å². The third-order valence-corrected chi connectivity index (χ3v) is 2.50. The Morgan fingerprint density at radius 2 is 2.40 bits per heavy atom. The molecule has 0 aliphatic carbocycles. The zero-order chi connectivity index (χ0) is 10.8. The van der Waals surface area contributed by atoms with Gasteiger partial charge in [-0.3, -0.25) is 4.79 Å². The highest BCUT2D eigenvalue weighted by Crippen LogP contribution is 2.26. The minimum absolute atomic E-state index is 0.298. The van der Waals surface area contributed by atoms with E-state index in [4.69, 9.17) is 15.7 Å². The molecular formula is C11H10N2O2. The molecule has 0 spiro atoms. The fourth-order valence-electron chi connectivity index (χ4n) is 1.69. The van der Waals surface area contributed by atoms with E-state index in [1.807, 2.05) is 0 Å². The normalized spacial score (nSPS) is 19.0. The number of rotatable bonds is 1. The molecule has 4 heteroatoms. The standard InChI is InChI=1S/C11H10N2O2/c12-4-9-6-15-5-8-2-1-7(11(13)14)3-10(8)9/h1-3,9H,5-6H2,(H2,13,14)/t9-/m1/s1. The van der Waals surface area contributed by atoms with E-state index in [9.17, 15) is 4.79 Å². The fraction of sp³-hybridized carbons (Fsp3) is 0.273. The number of fused-ring (bicyclic) bond motifs is 1. The van der Waals surface area contributed by atoms with Crippen molar-refractivity contribution in [3.63, 3.8) is 0 Å². The second-order valence-electron chi connectivity index (χ2n) is 3.47. The maximum absolute atomic E-state index is 11.0. The van der Waals surface area contributed by atoms with Crippen molar-refractivity contribution in [2.24, 2.45) is 5.73 Å². The van der Waals surface area contributed by atoms with Gasteiger partial charge in [0.2, 0.25) is 5.91 Å². The van der Waals surface area contributed by atoms with Crippen LogP contribution in [0.4, 0.5) is 0 Å². The first kappa shape index (κ1) is 9.69. The van der Waals surface area contributed by atoms with Crippen molar-refractivity contribution in [3.05, 3.63) is 34.9 Å². The van der Waals surface area contributed by atoms with E-state index in [0.717, 1.165) is 11.1 Å². The molecular weight excluding hydrogens is 192 g/mol. The summed E-state index contributed by atoms with van der Waals surface area (Å²) in [6, 6.07) is 7.29. The maximum atomic E-state index is 11.0. The molecule has 1 amide bonds. The average Bonchev–Trinajstić information content (AvgIpc) is 2.27. The Kier molecular flexibility index (Phi) is 2.40. The van der Waals surface area contributed by atoms with E-state index in [-0.39, 0.29) is 5.92 Å². The number of benzene rings is 1. The predicted molar refractivity (Wildman–Crippen MR) is 53.0 cm³/mol. The molecule has 0 unspecified atom stereocenters. The van der Waals surface area contributed by atoms with Crippen LogP contribution in [-0.2, 0) is 11.3 Å². The Labute approximate surface area is 87.3 Å². The Morgan fingerprint density at radius 3 is 3.07 bits per heavy atom. The summed E-state index contributed by atoms with van der Waals surface area (Å²) in [4.78, 5) is 11.0. The van der Waals surface area contributed by atoms with Crippen LogP contribution in [0.2, 0.25) is 0 Å². The lowest BCUT2D eigenvalue weighted by Gasteiger charge is -2.21. The summed E-state index contributed by atoms with van der Waals surface area (Å²) in [6.07, 6.45) is 0. The van der Waals surface area contributed by atoms with Crippen LogP contribution in [0.3, 0.4) is 0 Å². The maximum Gasteiger partial charge on any atom is 0.248 e. The van der Waals surface area contributed by atoms with Gasteiger partial charge in [-0.05, 0) is 23.3 Å². The average molecular weight is 202 g/mol. The topological polar surface area (TPSA) is 76.1 Å². The fourth-order valence-corrected chi connectivity index (χ4v) is 1.69.